The van der Waals surface area contributed by atoms with Gasteiger partial charge >= 0.3 is 0 Å². The fourth-order valence-corrected chi connectivity index (χ4v) is 2.00. The lowest BCUT2D eigenvalue weighted by Crippen LogP contribution is -2.44. The molecular weight excluding hydrogens is 210 g/mol. The van der Waals surface area contributed by atoms with E-state index in [2.05, 4.69) is 41.0 Å². The molecular formula is C14H19N3. The Morgan fingerprint density at radius 2 is 2.06 bits per heavy atom. The zero-order chi connectivity index (χ0) is 12.3. The summed E-state index contributed by atoms with van der Waals surface area (Å²) in [5.74, 6) is 4.15. The van der Waals surface area contributed by atoms with Crippen molar-refractivity contribution in [2.45, 2.75) is 19.8 Å². The van der Waals surface area contributed by atoms with Gasteiger partial charge in [0.15, 0.2) is 0 Å². The van der Waals surface area contributed by atoms with Crippen LogP contribution in [0.5, 0.6) is 0 Å². The van der Waals surface area contributed by atoms with Gasteiger partial charge < -0.3 is 10.2 Å². The molecule has 0 aromatic carbocycles. The molecule has 0 unspecified atom stereocenters. The zero-order valence-electron chi connectivity index (χ0n) is 10.5. The lowest BCUT2D eigenvalue weighted by Gasteiger charge is -2.29. The number of nitrogens with one attached hydrogen (secondary N) is 1. The molecule has 17 heavy (non-hydrogen) atoms. The van der Waals surface area contributed by atoms with E-state index in [-0.39, 0.29) is 0 Å². The van der Waals surface area contributed by atoms with Gasteiger partial charge in [0.1, 0.15) is 11.5 Å². The molecule has 0 saturated carbocycles. The summed E-state index contributed by atoms with van der Waals surface area (Å²) in [6.07, 6.45) is 5.47. The molecule has 90 valence electrons. The van der Waals surface area contributed by atoms with E-state index < -0.39 is 0 Å². The fraction of sp³-hybridized carbons (Fsp3) is 0.500. The lowest BCUT2D eigenvalue weighted by atomic mass is 10.0. The van der Waals surface area contributed by atoms with E-state index in [9.17, 15) is 0 Å². The van der Waals surface area contributed by atoms with Gasteiger partial charge in [-0.3, -0.25) is 0 Å². The second kappa shape index (κ2) is 5.20. The van der Waals surface area contributed by atoms with E-state index in [1.165, 1.54) is 5.56 Å². The van der Waals surface area contributed by atoms with Gasteiger partial charge in [0, 0.05) is 26.2 Å². The molecule has 0 bridgehead atoms. The van der Waals surface area contributed by atoms with Gasteiger partial charge in [-0.2, -0.15) is 0 Å². The van der Waals surface area contributed by atoms with E-state index in [4.69, 9.17) is 6.42 Å². The Morgan fingerprint density at radius 3 is 2.65 bits per heavy atom. The SMILES string of the molecule is C#Cc1cc(C(C)C)cc(N2CCNCC2)n1. The summed E-state index contributed by atoms with van der Waals surface area (Å²) >= 11 is 0. The highest BCUT2D eigenvalue weighted by Gasteiger charge is 2.13. The van der Waals surface area contributed by atoms with Gasteiger partial charge in [0.05, 0.1) is 0 Å². The molecule has 0 radical (unpaired) electrons. The molecule has 1 aromatic heterocycles. The van der Waals surface area contributed by atoms with Gasteiger partial charge in [-0.25, -0.2) is 4.98 Å². The van der Waals surface area contributed by atoms with Crippen LogP contribution in [-0.2, 0) is 0 Å². The highest BCUT2D eigenvalue weighted by atomic mass is 15.2. The minimum atomic E-state index is 0.478. The second-order valence-corrected chi connectivity index (χ2v) is 4.68. The maximum atomic E-state index is 5.47. The smallest absolute Gasteiger partial charge is 0.130 e. The number of pyridine rings is 1. The summed E-state index contributed by atoms with van der Waals surface area (Å²) < 4.78 is 0. The van der Waals surface area contributed by atoms with Crippen LogP contribution < -0.4 is 10.2 Å². The molecule has 1 saturated heterocycles. The highest BCUT2D eigenvalue weighted by Crippen LogP contribution is 2.21. The van der Waals surface area contributed by atoms with Gasteiger partial charge in [0.2, 0.25) is 0 Å². The van der Waals surface area contributed by atoms with E-state index in [1.54, 1.807) is 0 Å². The van der Waals surface area contributed by atoms with E-state index in [1.807, 2.05) is 6.07 Å². The minimum absolute atomic E-state index is 0.478. The van der Waals surface area contributed by atoms with Crippen LogP contribution in [0.2, 0.25) is 0 Å². The Morgan fingerprint density at radius 1 is 1.35 bits per heavy atom. The average Bonchev–Trinajstić information content (AvgIpc) is 2.39. The van der Waals surface area contributed by atoms with Crippen LogP contribution in [0.1, 0.15) is 31.0 Å². The number of hydrogen-bond acceptors (Lipinski definition) is 3. The van der Waals surface area contributed by atoms with Crippen molar-refractivity contribution in [1.82, 2.24) is 10.3 Å². The van der Waals surface area contributed by atoms with Gasteiger partial charge in [0.25, 0.3) is 0 Å². The van der Waals surface area contributed by atoms with Crippen molar-refractivity contribution in [3.63, 3.8) is 0 Å². The van der Waals surface area contributed by atoms with Gasteiger partial charge in [-0.05, 0) is 23.6 Å². The van der Waals surface area contributed by atoms with Crippen molar-refractivity contribution in [3.8, 4) is 12.3 Å². The van der Waals surface area contributed by atoms with Crippen LogP contribution in [-0.4, -0.2) is 31.2 Å². The van der Waals surface area contributed by atoms with Crippen molar-refractivity contribution in [2.75, 3.05) is 31.1 Å². The molecule has 0 aliphatic carbocycles. The molecule has 3 heteroatoms. The first-order chi connectivity index (χ1) is 8.20. The molecule has 0 atom stereocenters. The summed E-state index contributed by atoms with van der Waals surface area (Å²) in [5.41, 5.74) is 2.01. The third-order valence-electron chi connectivity index (χ3n) is 3.09. The summed E-state index contributed by atoms with van der Waals surface area (Å²) in [7, 11) is 0. The Labute approximate surface area is 103 Å². The molecule has 0 spiro atoms. The number of piperazine rings is 1. The topological polar surface area (TPSA) is 28.2 Å². The maximum Gasteiger partial charge on any atom is 0.130 e. The van der Waals surface area contributed by atoms with Crippen molar-refractivity contribution >= 4 is 5.82 Å². The largest absolute Gasteiger partial charge is 0.354 e. The van der Waals surface area contributed by atoms with Crippen LogP contribution in [0.15, 0.2) is 12.1 Å². The number of nitrogens with zero attached hydrogens (tertiary/aromatic N) is 2. The Balaban J connectivity index is 2.32. The fourth-order valence-electron chi connectivity index (χ4n) is 2.00. The summed E-state index contributed by atoms with van der Waals surface area (Å²) in [6.45, 7) is 8.38. The molecule has 1 aliphatic rings. The third kappa shape index (κ3) is 2.78. The van der Waals surface area contributed by atoms with Crippen LogP contribution in [0, 0.1) is 12.3 Å². The van der Waals surface area contributed by atoms with Crippen LogP contribution in [0.4, 0.5) is 5.82 Å². The van der Waals surface area contributed by atoms with Crippen LogP contribution >= 0.6 is 0 Å². The first-order valence-corrected chi connectivity index (χ1v) is 6.15. The molecule has 2 heterocycles. The second-order valence-electron chi connectivity index (χ2n) is 4.68. The Hall–Kier alpha value is -1.53. The average molecular weight is 229 g/mol. The predicted octanol–water partition coefficient (Wildman–Crippen LogP) is 1.60. The van der Waals surface area contributed by atoms with Gasteiger partial charge in [-0.15, -0.1) is 6.42 Å². The standard InChI is InChI=1S/C14H19N3/c1-4-13-9-12(11(2)3)10-14(16-13)17-7-5-15-6-8-17/h1,9-11,15H,5-8H2,2-3H3. The predicted molar refractivity (Wildman–Crippen MR) is 71.3 cm³/mol. The van der Waals surface area contributed by atoms with Crippen molar-refractivity contribution in [2.24, 2.45) is 0 Å². The maximum absolute atomic E-state index is 5.47. The molecule has 1 N–H and O–H groups in total. The van der Waals surface area contributed by atoms with E-state index >= 15 is 0 Å². The molecule has 1 aliphatic heterocycles. The first-order valence-electron chi connectivity index (χ1n) is 6.15. The van der Waals surface area contributed by atoms with Crippen molar-refractivity contribution < 1.29 is 0 Å². The van der Waals surface area contributed by atoms with Crippen LogP contribution in [0.3, 0.4) is 0 Å². The molecule has 2 rings (SSSR count). The Bertz CT molecular complexity index is 426. The Kier molecular flexibility index (Phi) is 3.65. The highest BCUT2D eigenvalue weighted by molar-refractivity contribution is 5.47. The van der Waals surface area contributed by atoms with Gasteiger partial charge in [-0.1, -0.05) is 19.8 Å². The number of anilines is 1. The normalized spacial score (nSPS) is 16.0. The number of terminal acetylenes is 1. The van der Waals surface area contributed by atoms with E-state index in [0.29, 0.717) is 5.92 Å². The number of aromatic nitrogens is 1. The third-order valence-corrected chi connectivity index (χ3v) is 3.09. The number of rotatable bonds is 2. The summed E-state index contributed by atoms with van der Waals surface area (Å²) in [4.78, 5) is 6.81. The minimum Gasteiger partial charge on any atom is -0.354 e. The summed E-state index contributed by atoms with van der Waals surface area (Å²) in [6, 6.07) is 4.17. The van der Waals surface area contributed by atoms with Crippen molar-refractivity contribution in [1.29, 1.82) is 0 Å². The first kappa shape index (κ1) is 11.9. The molecule has 1 fully saturated rings. The molecule has 1 aromatic rings. The lowest BCUT2D eigenvalue weighted by molar-refractivity contribution is 0.584. The van der Waals surface area contributed by atoms with Crippen molar-refractivity contribution in [3.05, 3.63) is 23.4 Å². The number of hydrogen-bond donors (Lipinski definition) is 1. The monoisotopic (exact) mass is 229 g/mol. The summed E-state index contributed by atoms with van der Waals surface area (Å²) in [5, 5.41) is 3.34. The zero-order valence-corrected chi connectivity index (χ0v) is 10.5. The van der Waals surface area contributed by atoms with E-state index in [0.717, 1.165) is 37.7 Å². The molecule has 3 nitrogen and oxygen atoms in total. The van der Waals surface area contributed by atoms with Crippen LogP contribution in [0.25, 0.3) is 0 Å². The molecule has 0 amide bonds. The quantitative estimate of drug-likeness (QED) is 0.781.